The number of hydrogen-bond donors (Lipinski definition) is 1. The molecule has 0 aliphatic heterocycles. The van der Waals surface area contributed by atoms with Crippen molar-refractivity contribution >= 4 is 12.0 Å². The second-order valence-electron chi connectivity index (χ2n) is 5.69. The van der Waals surface area contributed by atoms with Crippen molar-refractivity contribution in [2.45, 2.75) is 12.8 Å². The second kappa shape index (κ2) is 10.3. The third kappa shape index (κ3) is 6.81. The van der Waals surface area contributed by atoms with Gasteiger partial charge in [0.15, 0.2) is 11.5 Å². The van der Waals surface area contributed by atoms with E-state index < -0.39 is 24.3 Å². The molecule has 0 radical (unpaired) electrons. The van der Waals surface area contributed by atoms with E-state index in [1.807, 2.05) is 0 Å². The first-order valence-corrected chi connectivity index (χ1v) is 8.44. The predicted molar refractivity (Wildman–Crippen MR) is 100.0 cm³/mol. The lowest BCUT2D eigenvalue weighted by Crippen LogP contribution is -2.21. The standard InChI is InChI=1S/C21H16F5NO3/c1-29-17-9-3-7-15(19(17)30-20(22)23)10-11-18(28)27-12-4-6-14-5-2-8-16(13-14)21(24,25)26/h2-3,5,7-11,13,20H,12H2,1H3,(H,27,28)/b11-10+. The third-order valence-corrected chi connectivity index (χ3v) is 3.62. The van der Waals surface area contributed by atoms with E-state index in [9.17, 15) is 26.7 Å². The summed E-state index contributed by atoms with van der Waals surface area (Å²) in [5.41, 5.74) is -0.471. The fourth-order valence-electron chi connectivity index (χ4n) is 2.32. The van der Waals surface area contributed by atoms with E-state index >= 15 is 0 Å². The molecule has 0 aromatic heterocycles. The number of hydrogen-bond acceptors (Lipinski definition) is 3. The van der Waals surface area contributed by atoms with E-state index in [1.165, 1.54) is 43.5 Å². The second-order valence-corrected chi connectivity index (χ2v) is 5.69. The number of para-hydroxylation sites is 1. The summed E-state index contributed by atoms with van der Waals surface area (Å²) in [5.74, 6) is 4.33. The normalized spacial score (nSPS) is 11.2. The Balaban J connectivity index is 2.00. The molecule has 30 heavy (non-hydrogen) atoms. The molecule has 0 aliphatic carbocycles. The van der Waals surface area contributed by atoms with E-state index in [-0.39, 0.29) is 29.2 Å². The van der Waals surface area contributed by atoms with E-state index in [0.717, 1.165) is 18.2 Å². The van der Waals surface area contributed by atoms with Gasteiger partial charge < -0.3 is 14.8 Å². The fraction of sp³-hybridized carbons (Fsp3) is 0.190. The van der Waals surface area contributed by atoms with Crippen molar-refractivity contribution in [3.8, 4) is 23.3 Å². The van der Waals surface area contributed by atoms with Crippen LogP contribution in [-0.2, 0) is 11.0 Å². The van der Waals surface area contributed by atoms with E-state index in [0.29, 0.717) is 0 Å². The summed E-state index contributed by atoms with van der Waals surface area (Å²) in [5, 5.41) is 2.42. The molecule has 2 aromatic rings. The van der Waals surface area contributed by atoms with E-state index in [2.05, 4.69) is 21.9 Å². The quantitative estimate of drug-likeness (QED) is 0.421. The summed E-state index contributed by atoms with van der Waals surface area (Å²) in [4.78, 5) is 11.9. The van der Waals surface area contributed by atoms with Gasteiger partial charge in [0.05, 0.1) is 19.2 Å². The molecule has 0 fully saturated rings. The zero-order valence-corrected chi connectivity index (χ0v) is 15.6. The van der Waals surface area contributed by atoms with Gasteiger partial charge in [0, 0.05) is 17.2 Å². The number of ether oxygens (including phenoxy) is 2. The van der Waals surface area contributed by atoms with Crippen molar-refractivity contribution in [2.24, 2.45) is 0 Å². The zero-order chi connectivity index (χ0) is 22.1. The highest BCUT2D eigenvalue weighted by Crippen LogP contribution is 2.33. The lowest BCUT2D eigenvalue weighted by atomic mass is 10.1. The van der Waals surface area contributed by atoms with Gasteiger partial charge in [-0.3, -0.25) is 4.79 Å². The molecule has 4 nitrogen and oxygen atoms in total. The molecular formula is C21H16F5NO3. The highest BCUT2D eigenvalue weighted by Gasteiger charge is 2.30. The SMILES string of the molecule is COc1cccc(/C=C/C(=O)NCC#Cc2cccc(C(F)(F)F)c2)c1OC(F)F. The largest absolute Gasteiger partial charge is 0.493 e. The Morgan fingerprint density at radius 2 is 1.93 bits per heavy atom. The molecule has 1 amide bonds. The van der Waals surface area contributed by atoms with Gasteiger partial charge in [0.1, 0.15) is 0 Å². The molecule has 0 unspecified atom stereocenters. The number of methoxy groups -OCH3 is 1. The number of benzene rings is 2. The van der Waals surface area contributed by atoms with Gasteiger partial charge in [-0.1, -0.05) is 30.0 Å². The molecule has 158 valence electrons. The molecule has 2 rings (SSSR count). The molecule has 0 bridgehead atoms. The zero-order valence-electron chi connectivity index (χ0n) is 15.6. The maximum Gasteiger partial charge on any atom is 0.416 e. The minimum absolute atomic E-state index is 0.0739. The van der Waals surface area contributed by atoms with Gasteiger partial charge in [0.25, 0.3) is 0 Å². The molecule has 9 heteroatoms. The fourth-order valence-corrected chi connectivity index (χ4v) is 2.32. The molecule has 0 heterocycles. The number of amides is 1. The van der Waals surface area contributed by atoms with Crippen molar-refractivity contribution in [1.82, 2.24) is 5.32 Å². The molecule has 0 saturated carbocycles. The Morgan fingerprint density at radius 1 is 1.20 bits per heavy atom. The van der Waals surface area contributed by atoms with Crippen LogP contribution >= 0.6 is 0 Å². The lowest BCUT2D eigenvalue weighted by molar-refractivity contribution is -0.137. The van der Waals surface area contributed by atoms with Crippen molar-refractivity contribution in [2.75, 3.05) is 13.7 Å². The monoisotopic (exact) mass is 425 g/mol. The number of nitrogens with one attached hydrogen (secondary N) is 1. The number of carbonyl (C=O) groups excluding carboxylic acids is 1. The van der Waals surface area contributed by atoms with Crippen LogP contribution in [0.25, 0.3) is 6.08 Å². The van der Waals surface area contributed by atoms with Crippen molar-refractivity contribution in [1.29, 1.82) is 0 Å². The Morgan fingerprint density at radius 3 is 2.60 bits per heavy atom. The molecule has 0 atom stereocenters. The summed E-state index contributed by atoms with van der Waals surface area (Å²) >= 11 is 0. The first-order valence-electron chi connectivity index (χ1n) is 8.44. The molecule has 0 spiro atoms. The smallest absolute Gasteiger partial charge is 0.416 e. The Hall–Kier alpha value is -3.54. The van der Waals surface area contributed by atoms with Gasteiger partial charge in [-0.2, -0.15) is 22.0 Å². The highest BCUT2D eigenvalue weighted by atomic mass is 19.4. The van der Waals surface area contributed by atoms with Crippen LogP contribution < -0.4 is 14.8 Å². The molecule has 2 aromatic carbocycles. The van der Waals surface area contributed by atoms with Crippen LogP contribution in [0.2, 0.25) is 0 Å². The van der Waals surface area contributed by atoms with Crippen molar-refractivity contribution in [3.05, 3.63) is 65.2 Å². The molecular weight excluding hydrogens is 409 g/mol. The van der Waals surface area contributed by atoms with E-state index in [4.69, 9.17) is 4.74 Å². The topological polar surface area (TPSA) is 47.6 Å². The summed E-state index contributed by atoms with van der Waals surface area (Å²) in [6.07, 6.45) is -2.13. The van der Waals surface area contributed by atoms with Crippen LogP contribution in [0, 0.1) is 11.8 Å². The molecule has 0 saturated heterocycles. The van der Waals surface area contributed by atoms with Crippen molar-refractivity contribution < 1.29 is 36.2 Å². The average molecular weight is 425 g/mol. The van der Waals surface area contributed by atoms with Crippen LogP contribution in [-0.4, -0.2) is 26.2 Å². The van der Waals surface area contributed by atoms with Crippen LogP contribution in [0.5, 0.6) is 11.5 Å². The predicted octanol–water partition coefficient (Wildman–Crippen LogP) is 4.50. The number of alkyl halides is 5. The van der Waals surface area contributed by atoms with Gasteiger partial charge in [-0.25, -0.2) is 0 Å². The minimum Gasteiger partial charge on any atom is -0.493 e. The summed E-state index contributed by atoms with van der Waals surface area (Å²) in [6, 6.07) is 8.91. The minimum atomic E-state index is -4.47. The third-order valence-electron chi connectivity index (χ3n) is 3.62. The van der Waals surface area contributed by atoms with Crippen molar-refractivity contribution in [3.63, 3.8) is 0 Å². The van der Waals surface area contributed by atoms with E-state index in [1.54, 1.807) is 0 Å². The summed E-state index contributed by atoms with van der Waals surface area (Å²) < 4.78 is 72.6. The highest BCUT2D eigenvalue weighted by molar-refractivity contribution is 5.92. The number of carbonyl (C=O) groups is 1. The maximum absolute atomic E-state index is 12.7. The maximum atomic E-state index is 12.7. The van der Waals surface area contributed by atoms with Crippen LogP contribution in [0.4, 0.5) is 22.0 Å². The first-order chi connectivity index (χ1) is 14.2. The van der Waals surface area contributed by atoms with Crippen LogP contribution in [0.3, 0.4) is 0 Å². The Bertz CT molecular complexity index is 975. The van der Waals surface area contributed by atoms with Crippen LogP contribution in [0.1, 0.15) is 16.7 Å². The van der Waals surface area contributed by atoms with Crippen LogP contribution in [0.15, 0.2) is 48.5 Å². The number of halogens is 5. The summed E-state index contributed by atoms with van der Waals surface area (Å²) in [6.45, 7) is -3.20. The lowest BCUT2D eigenvalue weighted by Gasteiger charge is -2.12. The Kier molecular flexibility index (Phi) is 7.81. The van der Waals surface area contributed by atoms with Gasteiger partial charge >= 0.3 is 12.8 Å². The summed E-state index contributed by atoms with van der Waals surface area (Å²) in [7, 11) is 1.29. The Labute approximate surface area is 169 Å². The number of rotatable bonds is 6. The average Bonchev–Trinajstić information content (AvgIpc) is 2.69. The molecule has 0 aliphatic rings. The van der Waals surface area contributed by atoms with Gasteiger partial charge in [-0.05, 0) is 30.3 Å². The first kappa shape index (κ1) is 22.7. The van der Waals surface area contributed by atoms with Gasteiger partial charge in [0.2, 0.25) is 5.91 Å². The molecule has 1 N–H and O–H groups in total. The van der Waals surface area contributed by atoms with Gasteiger partial charge in [-0.15, -0.1) is 0 Å².